The topological polar surface area (TPSA) is 95.9 Å². The molecule has 0 bridgehead atoms. The molecule has 2 unspecified atom stereocenters. The number of unbranched alkanes of at least 4 members (excludes halogenated alkanes) is 43. The molecule has 3 N–H and O–H groups in total. The number of rotatable bonds is 58. The van der Waals surface area contributed by atoms with Crippen molar-refractivity contribution in [2.24, 2.45) is 0 Å². The van der Waals surface area contributed by atoms with Crippen molar-refractivity contribution in [3.8, 4) is 0 Å². The highest BCUT2D eigenvalue weighted by atomic mass is 16.5. The van der Waals surface area contributed by atoms with Gasteiger partial charge in [-0.25, -0.2) is 0 Å². The number of hydrogen-bond donors (Lipinski definition) is 3. The molecule has 0 aliphatic heterocycles. The molecule has 0 aromatic carbocycles. The Hall–Kier alpha value is -1.92. The van der Waals surface area contributed by atoms with Gasteiger partial charge in [-0.1, -0.05) is 275 Å². The van der Waals surface area contributed by atoms with Crippen LogP contribution in [0.3, 0.4) is 0 Å². The molecule has 0 rings (SSSR count). The van der Waals surface area contributed by atoms with E-state index in [0.717, 1.165) is 57.8 Å². The monoisotopic (exact) mass is 984 g/mol. The summed E-state index contributed by atoms with van der Waals surface area (Å²) >= 11 is 0. The minimum absolute atomic E-state index is 0.00584. The van der Waals surface area contributed by atoms with Crippen molar-refractivity contribution >= 4 is 11.9 Å². The Kier molecular flexibility index (Phi) is 58.0. The average Bonchev–Trinajstić information content (AvgIpc) is 3.36. The number of ether oxygens (including phenoxy) is 1. The average molecular weight is 985 g/mol. The largest absolute Gasteiger partial charge is 0.466 e. The van der Waals surface area contributed by atoms with Crippen molar-refractivity contribution in [3.63, 3.8) is 0 Å². The molecule has 0 saturated carbocycles. The summed E-state index contributed by atoms with van der Waals surface area (Å²) in [6.45, 7) is 4.90. The Labute approximate surface area is 436 Å². The van der Waals surface area contributed by atoms with Gasteiger partial charge in [-0.05, 0) is 83.5 Å². The van der Waals surface area contributed by atoms with E-state index in [1.807, 2.05) is 6.08 Å². The maximum Gasteiger partial charge on any atom is 0.305 e. The summed E-state index contributed by atoms with van der Waals surface area (Å²) < 4.78 is 5.48. The van der Waals surface area contributed by atoms with Crippen LogP contribution in [0.4, 0.5) is 0 Å². The molecular formula is C64H121NO5. The maximum atomic E-state index is 12.5. The molecule has 0 aliphatic carbocycles. The third-order valence-corrected chi connectivity index (χ3v) is 14.4. The highest BCUT2D eigenvalue weighted by molar-refractivity contribution is 5.76. The second-order valence-electron chi connectivity index (χ2n) is 21.4. The zero-order valence-electron chi connectivity index (χ0n) is 47.0. The predicted octanol–water partition coefficient (Wildman–Crippen LogP) is 19.6. The molecule has 412 valence electrons. The Morgan fingerprint density at radius 3 is 1.01 bits per heavy atom. The molecule has 0 fully saturated rings. The van der Waals surface area contributed by atoms with E-state index in [2.05, 4.69) is 43.5 Å². The van der Waals surface area contributed by atoms with Crippen molar-refractivity contribution in [1.29, 1.82) is 0 Å². The smallest absolute Gasteiger partial charge is 0.305 e. The van der Waals surface area contributed by atoms with Gasteiger partial charge in [0.25, 0.3) is 0 Å². The van der Waals surface area contributed by atoms with E-state index in [-0.39, 0.29) is 18.5 Å². The highest BCUT2D eigenvalue weighted by Crippen LogP contribution is 2.17. The quantitative estimate of drug-likeness (QED) is 0.0321. The summed E-state index contributed by atoms with van der Waals surface area (Å²) in [5.74, 6) is -0.0839. The Bertz CT molecular complexity index is 1130. The Morgan fingerprint density at radius 2 is 0.671 bits per heavy atom. The number of nitrogens with one attached hydrogen (secondary N) is 1. The third kappa shape index (κ3) is 55.4. The molecule has 0 aliphatic rings. The number of amides is 1. The lowest BCUT2D eigenvalue weighted by atomic mass is 10.0. The van der Waals surface area contributed by atoms with E-state index in [1.54, 1.807) is 6.08 Å². The molecule has 0 aromatic heterocycles. The van der Waals surface area contributed by atoms with Crippen LogP contribution in [0.5, 0.6) is 0 Å². The molecular weight excluding hydrogens is 863 g/mol. The Balaban J connectivity index is 3.48. The second-order valence-corrected chi connectivity index (χ2v) is 21.4. The van der Waals surface area contributed by atoms with Crippen LogP contribution in [0.2, 0.25) is 0 Å². The molecule has 0 radical (unpaired) electrons. The Morgan fingerprint density at radius 1 is 0.386 bits per heavy atom. The lowest BCUT2D eigenvalue weighted by Gasteiger charge is -2.20. The molecule has 0 heterocycles. The fraction of sp³-hybridized carbons (Fsp3) is 0.875. The van der Waals surface area contributed by atoms with Gasteiger partial charge in [0.15, 0.2) is 0 Å². The molecule has 6 nitrogen and oxygen atoms in total. The standard InChI is InChI=1S/C64H121NO5/c1-3-5-7-9-11-13-15-17-19-21-22-25-28-32-36-40-44-48-52-56-62(67)61(60-66)65-63(68)57-53-49-45-41-37-33-29-26-23-27-31-35-39-43-47-51-55-59-70-64(69)58-54-50-46-42-38-34-30-24-20-18-16-14-12-10-8-6-4-2/h18,20,23,27,52,56,61-62,66-67H,3-17,19,21-22,24-26,28-51,53-55,57-60H2,1-2H3,(H,65,68)/b20-18-,27-23-,56-52+. The molecule has 6 heteroatoms. The van der Waals surface area contributed by atoms with Crippen molar-refractivity contribution < 1.29 is 24.5 Å². The van der Waals surface area contributed by atoms with E-state index >= 15 is 0 Å². The zero-order chi connectivity index (χ0) is 50.7. The van der Waals surface area contributed by atoms with Crippen LogP contribution < -0.4 is 5.32 Å². The number of aliphatic hydroxyl groups excluding tert-OH is 2. The summed E-state index contributed by atoms with van der Waals surface area (Å²) in [6, 6.07) is -0.638. The van der Waals surface area contributed by atoms with Gasteiger partial charge in [0.1, 0.15) is 0 Å². The molecule has 0 aromatic rings. The van der Waals surface area contributed by atoms with Crippen molar-refractivity contribution in [2.75, 3.05) is 13.2 Å². The second kappa shape index (κ2) is 59.6. The van der Waals surface area contributed by atoms with Gasteiger partial charge in [-0.2, -0.15) is 0 Å². The number of carbonyl (C=O) groups excluding carboxylic acids is 2. The number of allylic oxidation sites excluding steroid dienone is 5. The van der Waals surface area contributed by atoms with Crippen LogP contribution in [0.1, 0.15) is 335 Å². The van der Waals surface area contributed by atoms with Crippen LogP contribution in [0.25, 0.3) is 0 Å². The normalized spacial score (nSPS) is 12.8. The van der Waals surface area contributed by atoms with Gasteiger partial charge in [-0.3, -0.25) is 9.59 Å². The van der Waals surface area contributed by atoms with E-state index in [1.165, 1.54) is 250 Å². The highest BCUT2D eigenvalue weighted by Gasteiger charge is 2.18. The van der Waals surface area contributed by atoms with Gasteiger partial charge in [-0.15, -0.1) is 0 Å². The summed E-state index contributed by atoms with van der Waals surface area (Å²) in [5, 5.41) is 23.2. The minimum Gasteiger partial charge on any atom is -0.466 e. The predicted molar refractivity (Wildman–Crippen MR) is 306 cm³/mol. The summed E-state index contributed by atoms with van der Waals surface area (Å²) in [6.07, 6.45) is 74.6. The fourth-order valence-electron chi connectivity index (χ4n) is 9.57. The molecule has 1 amide bonds. The van der Waals surface area contributed by atoms with E-state index in [4.69, 9.17) is 4.74 Å². The van der Waals surface area contributed by atoms with E-state index in [0.29, 0.717) is 19.4 Å². The van der Waals surface area contributed by atoms with Gasteiger partial charge in [0, 0.05) is 12.8 Å². The van der Waals surface area contributed by atoms with Crippen molar-refractivity contribution in [2.45, 2.75) is 347 Å². The van der Waals surface area contributed by atoms with Gasteiger partial charge in [0.05, 0.1) is 25.4 Å². The number of hydrogen-bond acceptors (Lipinski definition) is 5. The SMILES string of the molecule is CCCCCCCC/C=C\CCCCCCCCCC(=O)OCCCCCCCC/C=C\CCCCCCCCCC(=O)NC(CO)C(O)/C=C/CCCCCCCCCCCCCCCCCCC. The van der Waals surface area contributed by atoms with Crippen LogP contribution >= 0.6 is 0 Å². The van der Waals surface area contributed by atoms with Gasteiger partial charge < -0.3 is 20.3 Å². The van der Waals surface area contributed by atoms with E-state index < -0.39 is 12.1 Å². The first-order chi connectivity index (χ1) is 34.5. The van der Waals surface area contributed by atoms with Crippen LogP contribution in [0, 0.1) is 0 Å². The molecule has 0 spiro atoms. The molecule has 2 atom stereocenters. The first-order valence-electron chi connectivity index (χ1n) is 31.3. The summed E-state index contributed by atoms with van der Waals surface area (Å²) in [5.41, 5.74) is 0. The summed E-state index contributed by atoms with van der Waals surface area (Å²) in [4.78, 5) is 24.6. The van der Waals surface area contributed by atoms with Crippen molar-refractivity contribution in [3.05, 3.63) is 36.5 Å². The van der Waals surface area contributed by atoms with Crippen LogP contribution in [0.15, 0.2) is 36.5 Å². The first-order valence-corrected chi connectivity index (χ1v) is 31.3. The third-order valence-electron chi connectivity index (χ3n) is 14.4. The van der Waals surface area contributed by atoms with Crippen LogP contribution in [-0.4, -0.2) is 47.4 Å². The fourth-order valence-corrected chi connectivity index (χ4v) is 9.57. The maximum absolute atomic E-state index is 12.5. The van der Waals surface area contributed by atoms with Crippen molar-refractivity contribution in [1.82, 2.24) is 5.32 Å². The van der Waals surface area contributed by atoms with Crippen LogP contribution in [-0.2, 0) is 14.3 Å². The number of esters is 1. The minimum atomic E-state index is -0.853. The first kappa shape index (κ1) is 68.1. The van der Waals surface area contributed by atoms with E-state index in [9.17, 15) is 19.8 Å². The summed E-state index contributed by atoms with van der Waals surface area (Å²) in [7, 11) is 0. The zero-order valence-corrected chi connectivity index (χ0v) is 47.0. The lowest BCUT2D eigenvalue weighted by molar-refractivity contribution is -0.143. The van der Waals surface area contributed by atoms with Gasteiger partial charge >= 0.3 is 5.97 Å². The molecule has 70 heavy (non-hydrogen) atoms. The number of aliphatic hydroxyl groups is 2. The molecule has 0 saturated heterocycles. The lowest BCUT2D eigenvalue weighted by Crippen LogP contribution is -2.45. The number of carbonyl (C=O) groups is 2. The van der Waals surface area contributed by atoms with Gasteiger partial charge in [0.2, 0.25) is 5.91 Å².